The van der Waals surface area contributed by atoms with Crippen molar-refractivity contribution >= 4 is 28.6 Å². The Morgan fingerprint density at radius 2 is 1.67 bits per heavy atom. The highest BCUT2D eigenvalue weighted by Crippen LogP contribution is 2.34. The van der Waals surface area contributed by atoms with E-state index in [1.807, 2.05) is 61.5 Å². The SMILES string of the molecule is CCn1c(-c2ccccc2)c(C(=O)COC(=O)CNC(=O)C2CCCCC2)c2ccccc21. The summed E-state index contributed by atoms with van der Waals surface area (Å²) in [5, 5.41) is 3.50. The molecule has 1 amide bonds. The number of ketones is 1. The van der Waals surface area contributed by atoms with Crippen LogP contribution in [0.25, 0.3) is 22.2 Å². The van der Waals surface area contributed by atoms with Crippen molar-refractivity contribution in [2.75, 3.05) is 13.2 Å². The van der Waals surface area contributed by atoms with E-state index in [-0.39, 0.29) is 30.8 Å². The molecule has 0 radical (unpaired) electrons. The zero-order chi connectivity index (χ0) is 23.2. The summed E-state index contributed by atoms with van der Waals surface area (Å²) in [6.45, 7) is 2.16. The van der Waals surface area contributed by atoms with Gasteiger partial charge >= 0.3 is 5.97 Å². The minimum atomic E-state index is -0.604. The number of amides is 1. The molecule has 6 nitrogen and oxygen atoms in total. The quantitative estimate of drug-likeness (QED) is 0.400. The Hall–Kier alpha value is -3.41. The van der Waals surface area contributed by atoms with Gasteiger partial charge in [-0.05, 0) is 31.4 Å². The highest BCUT2D eigenvalue weighted by atomic mass is 16.5. The molecule has 6 heteroatoms. The van der Waals surface area contributed by atoms with Gasteiger partial charge in [0.05, 0.1) is 11.3 Å². The minimum absolute atomic E-state index is 0.0261. The number of benzene rings is 2. The third kappa shape index (κ3) is 5.00. The van der Waals surface area contributed by atoms with E-state index in [1.165, 1.54) is 0 Å². The Balaban J connectivity index is 1.49. The molecular formula is C27H30N2O4. The zero-order valence-electron chi connectivity index (χ0n) is 19.0. The molecule has 3 aromatic rings. The molecule has 1 aliphatic rings. The highest BCUT2D eigenvalue weighted by Gasteiger charge is 2.25. The van der Waals surface area contributed by atoms with Gasteiger partial charge in [0.15, 0.2) is 6.61 Å². The van der Waals surface area contributed by atoms with Crippen LogP contribution in [0.5, 0.6) is 0 Å². The van der Waals surface area contributed by atoms with Gasteiger partial charge in [-0.2, -0.15) is 0 Å². The van der Waals surface area contributed by atoms with E-state index in [0.29, 0.717) is 12.1 Å². The second-order valence-corrected chi connectivity index (χ2v) is 8.49. The van der Waals surface area contributed by atoms with Gasteiger partial charge in [0.25, 0.3) is 0 Å². The van der Waals surface area contributed by atoms with Crippen LogP contribution in [-0.2, 0) is 20.9 Å². The van der Waals surface area contributed by atoms with Gasteiger partial charge < -0.3 is 14.6 Å². The molecule has 4 rings (SSSR count). The summed E-state index contributed by atoms with van der Waals surface area (Å²) in [6.07, 6.45) is 4.98. The molecule has 1 fully saturated rings. The van der Waals surface area contributed by atoms with Crippen LogP contribution in [0.15, 0.2) is 54.6 Å². The average molecular weight is 447 g/mol. The van der Waals surface area contributed by atoms with Crippen LogP contribution in [0, 0.1) is 5.92 Å². The second kappa shape index (κ2) is 10.5. The number of carbonyl (C=O) groups excluding carboxylic acids is 3. The van der Waals surface area contributed by atoms with E-state index in [0.717, 1.165) is 54.3 Å². The lowest BCUT2D eigenvalue weighted by molar-refractivity contribution is -0.143. The molecule has 0 bridgehead atoms. The number of nitrogens with zero attached hydrogens (tertiary/aromatic N) is 1. The van der Waals surface area contributed by atoms with Crippen LogP contribution in [0.4, 0.5) is 0 Å². The van der Waals surface area contributed by atoms with Gasteiger partial charge in [0.1, 0.15) is 6.54 Å². The van der Waals surface area contributed by atoms with Gasteiger partial charge in [-0.25, -0.2) is 0 Å². The lowest BCUT2D eigenvalue weighted by Crippen LogP contribution is -2.36. The van der Waals surface area contributed by atoms with Crippen LogP contribution in [0.2, 0.25) is 0 Å². The van der Waals surface area contributed by atoms with Crippen molar-refractivity contribution in [3.8, 4) is 11.3 Å². The summed E-state index contributed by atoms with van der Waals surface area (Å²) in [5.41, 5.74) is 3.28. The molecule has 1 N–H and O–H groups in total. The van der Waals surface area contributed by atoms with Crippen molar-refractivity contribution in [1.29, 1.82) is 0 Å². The molecule has 0 saturated heterocycles. The van der Waals surface area contributed by atoms with Crippen molar-refractivity contribution in [1.82, 2.24) is 9.88 Å². The summed E-state index contributed by atoms with van der Waals surface area (Å²) in [7, 11) is 0. The maximum absolute atomic E-state index is 13.3. The molecular weight excluding hydrogens is 416 g/mol. The number of carbonyl (C=O) groups is 3. The largest absolute Gasteiger partial charge is 0.456 e. The molecule has 0 unspecified atom stereocenters. The van der Waals surface area contributed by atoms with Crippen LogP contribution in [-0.4, -0.2) is 35.4 Å². The maximum atomic E-state index is 13.3. The van der Waals surface area contributed by atoms with Crippen molar-refractivity contribution < 1.29 is 19.1 Å². The first-order valence-electron chi connectivity index (χ1n) is 11.7. The molecule has 172 valence electrons. The van der Waals surface area contributed by atoms with Crippen molar-refractivity contribution in [3.63, 3.8) is 0 Å². The third-order valence-electron chi connectivity index (χ3n) is 6.36. The molecule has 1 aromatic heterocycles. The van der Waals surface area contributed by atoms with Crippen LogP contribution in [0.3, 0.4) is 0 Å². The van der Waals surface area contributed by atoms with Gasteiger partial charge in [-0.15, -0.1) is 0 Å². The Kier molecular flexibility index (Phi) is 7.23. The fourth-order valence-corrected chi connectivity index (χ4v) is 4.75. The Morgan fingerprint density at radius 1 is 0.970 bits per heavy atom. The summed E-state index contributed by atoms with van der Waals surface area (Å²) < 4.78 is 7.38. The molecule has 1 heterocycles. The predicted octanol–water partition coefficient (Wildman–Crippen LogP) is 4.75. The van der Waals surface area contributed by atoms with Gasteiger partial charge in [0, 0.05) is 23.4 Å². The lowest BCUT2D eigenvalue weighted by Gasteiger charge is -2.20. The van der Waals surface area contributed by atoms with Crippen molar-refractivity contribution in [2.24, 2.45) is 5.92 Å². The number of nitrogens with one attached hydrogen (secondary N) is 1. The number of aromatic nitrogens is 1. The van der Waals surface area contributed by atoms with Gasteiger partial charge in [0.2, 0.25) is 11.7 Å². The first-order chi connectivity index (χ1) is 16.1. The second-order valence-electron chi connectivity index (χ2n) is 8.49. The van der Waals surface area contributed by atoms with Crippen LogP contribution < -0.4 is 5.32 Å². The number of hydrogen-bond donors (Lipinski definition) is 1. The summed E-state index contributed by atoms with van der Waals surface area (Å²) in [4.78, 5) is 37.8. The Bertz CT molecular complexity index is 1140. The lowest BCUT2D eigenvalue weighted by atomic mass is 9.89. The smallest absolute Gasteiger partial charge is 0.325 e. The van der Waals surface area contributed by atoms with E-state index < -0.39 is 5.97 Å². The zero-order valence-corrected chi connectivity index (χ0v) is 19.0. The number of fused-ring (bicyclic) bond motifs is 1. The molecule has 0 aliphatic heterocycles. The number of para-hydroxylation sites is 1. The molecule has 0 atom stereocenters. The standard InChI is InChI=1S/C27H30N2O4/c1-2-29-22-16-10-9-15-21(22)25(26(29)19-11-5-3-6-12-19)23(30)18-33-24(31)17-28-27(32)20-13-7-4-8-14-20/h3,5-6,9-12,15-16,20H,2,4,7-8,13-14,17-18H2,1H3,(H,28,32). The summed E-state index contributed by atoms with van der Waals surface area (Å²) in [5.74, 6) is -0.991. The van der Waals surface area contributed by atoms with E-state index in [1.54, 1.807) is 0 Å². The van der Waals surface area contributed by atoms with E-state index in [4.69, 9.17) is 4.74 Å². The summed E-state index contributed by atoms with van der Waals surface area (Å²) in [6, 6.07) is 17.5. The first kappa shape index (κ1) is 22.8. The molecule has 1 saturated carbocycles. The van der Waals surface area contributed by atoms with Crippen molar-refractivity contribution in [3.05, 3.63) is 60.2 Å². The van der Waals surface area contributed by atoms with E-state index in [9.17, 15) is 14.4 Å². The summed E-state index contributed by atoms with van der Waals surface area (Å²) >= 11 is 0. The number of rotatable bonds is 8. The van der Waals surface area contributed by atoms with Gasteiger partial charge in [-0.1, -0.05) is 67.8 Å². The van der Waals surface area contributed by atoms with Crippen molar-refractivity contribution in [2.45, 2.75) is 45.6 Å². The number of hydrogen-bond acceptors (Lipinski definition) is 4. The number of ether oxygens (including phenoxy) is 1. The topological polar surface area (TPSA) is 77.4 Å². The Morgan fingerprint density at radius 3 is 2.39 bits per heavy atom. The Labute approximate surface area is 193 Å². The highest BCUT2D eigenvalue weighted by molar-refractivity contribution is 6.14. The maximum Gasteiger partial charge on any atom is 0.325 e. The third-order valence-corrected chi connectivity index (χ3v) is 6.36. The number of esters is 1. The molecule has 1 aliphatic carbocycles. The molecule has 2 aromatic carbocycles. The first-order valence-corrected chi connectivity index (χ1v) is 11.7. The average Bonchev–Trinajstić information content (AvgIpc) is 3.21. The minimum Gasteiger partial charge on any atom is -0.456 e. The van der Waals surface area contributed by atoms with E-state index >= 15 is 0 Å². The monoisotopic (exact) mass is 446 g/mol. The van der Waals surface area contributed by atoms with Crippen LogP contribution >= 0.6 is 0 Å². The van der Waals surface area contributed by atoms with E-state index in [2.05, 4.69) is 9.88 Å². The fraction of sp³-hybridized carbons (Fsp3) is 0.370. The number of aryl methyl sites for hydroxylation is 1. The molecule has 33 heavy (non-hydrogen) atoms. The normalized spacial score (nSPS) is 14.2. The molecule has 0 spiro atoms. The predicted molar refractivity (Wildman–Crippen MR) is 128 cm³/mol. The van der Waals surface area contributed by atoms with Gasteiger partial charge in [-0.3, -0.25) is 14.4 Å². The number of Topliss-reactive ketones (excluding diaryl/α,β-unsaturated/α-hetero) is 1. The van der Waals surface area contributed by atoms with Crippen LogP contribution in [0.1, 0.15) is 49.4 Å². The fourth-order valence-electron chi connectivity index (χ4n) is 4.75.